The minimum absolute atomic E-state index is 1.20. The van der Waals surface area contributed by atoms with E-state index in [2.05, 4.69) is 11.4 Å². The molecule has 1 nitrogen and oxygen atoms in total. The van der Waals surface area contributed by atoms with Crippen molar-refractivity contribution < 1.29 is 19.4 Å². The fourth-order valence-corrected chi connectivity index (χ4v) is 0.857. The van der Waals surface area contributed by atoms with E-state index in [1.54, 1.807) is 13.2 Å². The van der Waals surface area contributed by atoms with Crippen LogP contribution in [0.25, 0.3) is 5.32 Å². The van der Waals surface area contributed by atoms with E-state index in [9.17, 15) is 0 Å². The molecule has 0 fully saturated rings. The van der Waals surface area contributed by atoms with Crippen LogP contribution in [0.4, 0.5) is 0 Å². The Morgan fingerprint density at radius 2 is 2.23 bits per heavy atom. The number of aryl methyl sites for hydroxylation is 1. The molecular weight excluding hydrogens is 330 g/mol. The molecule has 2 heteroatoms. The molecule has 0 aliphatic rings. The van der Waals surface area contributed by atoms with Gasteiger partial charge in [0.05, 0.1) is 0 Å². The van der Waals surface area contributed by atoms with Gasteiger partial charge < -0.3 is 0 Å². The summed E-state index contributed by atoms with van der Waals surface area (Å²) in [6, 6.07) is 10.9. The van der Waals surface area contributed by atoms with E-state index in [1.165, 1.54) is 24.9 Å². The van der Waals surface area contributed by atoms with E-state index in [0.717, 1.165) is 0 Å². The Labute approximate surface area is 91.3 Å². The van der Waals surface area contributed by atoms with Gasteiger partial charge in [-0.2, -0.15) is 35.9 Å². The monoisotopic (exact) mass is 343 g/mol. The van der Waals surface area contributed by atoms with Gasteiger partial charge in [0.2, 0.25) is 0 Å². The van der Waals surface area contributed by atoms with E-state index in [1.807, 2.05) is 41.7 Å². The second-order valence-electron chi connectivity index (χ2n) is 2.28. The summed E-state index contributed by atoms with van der Waals surface area (Å²) in [4.78, 5) is 0. The normalized spacial score (nSPS) is 8.77. The Kier molecular flexibility index (Phi) is 8.91. The molecule has 1 aromatic rings. The largest absolute Gasteiger partial charge is 0.181 e. The molecule has 0 atom stereocenters. The number of benzene rings is 1. The summed E-state index contributed by atoms with van der Waals surface area (Å²) in [7, 11) is 1.76. The molecule has 0 spiro atoms. The van der Waals surface area contributed by atoms with Crippen LogP contribution < -0.4 is 0 Å². The van der Waals surface area contributed by atoms with Gasteiger partial charge in [0, 0.05) is 0 Å². The molecule has 0 saturated carbocycles. The predicted octanol–water partition coefficient (Wildman–Crippen LogP) is 2.65. The van der Waals surface area contributed by atoms with Gasteiger partial charge in [-0.1, -0.05) is 6.92 Å². The molecule has 13 heavy (non-hydrogen) atoms. The molecule has 1 rings (SSSR count). The van der Waals surface area contributed by atoms with Crippen LogP contribution in [0.5, 0.6) is 0 Å². The molecule has 0 heterocycles. The summed E-state index contributed by atoms with van der Waals surface area (Å²) >= 11 is 1.46. The average molecular weight is 343 g/mol. The Hall–Kier alpha value is -0.682. The third-order valence-corrected chi connectivity index (χ3v) is 1.74. The summed E-state index contributed by atoms with van der Waals surface area (Å²) < 4.78 is 2.02. The first-order valence-electron chi connectivity index (χ1n) is 3.94. The average Bonchev–Trinajstić information content (AvgIpc) is 2.17. The van der Waals surface area contributed by atoms with E-state index < -0.39 is 0 Å². The van der Waals surface area contributed by atoms with Gasteiger partial charge in [-0.3, -0.25) is 0 Å². The second kappa shape index (κ2) is 9.41. The fraction of sp³-hybridized carbons (Fsp3) is 0.182. The quantitative estimate of drug-likeness (QED) is 0.734. The van der Waals surface area contributed by atoms with Crippen LogP contribution in [0.15, 0.2) is 36.5 Å². The summed E-state index contributed by atoms with van der Waals surface area (Å²) in [5.74, 6) is 0. The van der Waals surface area contributed by atoms with Gasteiger partial charge in [0.25, 0.3) is 0 Å². The van der Waals surface area contributed by atoms with Crippen molar-refractivity contribution in [2.75, 3.05) is 7.05 Å². The van der Waals surface area contributed by atoms with Crippen LogP contribution in [0.1, 0.15) is 5.56 Å². The first-order valence-corrected chi connectivity index (χ1v) is 5.63. The Bertz CT molecular complexity index is 242. The van der Waals surface area contributed by atoms with Crippen LogP contribution in [0.3, 0.4) is 0 Å². The number of nitrogens with zero attached hydrogens (tertiary/aromatic N) is 1. The van der Waals surface area contributed by atoms with Crippen molar-refractivity contribution in [1.29, 1.82) is 0 Å². The van der Waals surface area contributed by atoms with Crippen LogP contribution in [-0.2, 0) is 19.4 Å². The molecule has 0 N–H and O–H groups in total. The first-order chi connectivity index (χ1) is 6.31. The van der Waals surface area contributed by atoms with Crippen LogP contribution in [0, 0.1) is 13.0 Å². The number of rotatable bonds is 2. The smallest absolute Gasteiger partial charge is 0.0630 e. The molecule has 0 saturated heterocycles. The third kappa shape index (κ3) is 9.23. The standard InChI is InChI=1S/C7H7.C4H6N.W/c1-7-5-3-2-4-6-7;1-3-4-5-2;/h2-5H,1H3;1,3-4H,2H3;/q2*-1;. The number of hydrogen-bond acceptors (Lipinski definition) is 0. The Morgan fingerprint density at radius 3 is 2.46 bits per heavy atom. The van der Waals surface area contributed by atoms with E-state index >= 15 is 0 Å². The van der Waals surface area contributed by atoms with Gasteiger partial charge in [0.1, 0.15) is 0 Å². The molecular formula is C11H13NW-2. The second-order valence-corrected chi connectivity index (χ2v) is 3.26. The van der Waals surface area contributed by atoms with Gasteiger partial charge in [-0.25, -0.2) is 0 Å². The molecule has 0 amide bonds. The van der Waals surface area contributed by atoms with E-state index in [-0.39, 0.29) is 0 Å². The number of hydrogen-bond donors (Lipinski definition) is 0. The fourth-order valence-electron chi connectivity index (χ4n) is 0.604. The molecule has 0 radical (unpaired) electrons. The number of allylic oxidation sites excluding steroid dienone is 1. The topological polar surface area (TPSA) is 14.1 Å². The van der Waals surface area contributed by atoms with E-state index in [4.69, 9.17) is 0 Å². The molecule has 0 aliphatic carbocycles. The molecule has 70 valence electrons. The van der Waals surface area contributed by atoms with Crippen molar-refractivity contribution in [3.05, 3.63) is 53.5 Å². The van der Waals surface area contributed by atoms with Crippen molar-refractivity contribution in [2.45, 2.75) is 6.92 Å². The zero-order valence-corrected chi connectivity index (χ0v) is 10.8. The van der Waals surface area contributed by atoms with Gasteiger partial charge in [-0.15, -0.1) is 0 Å². The SMILES string of the molecule is C[N-]C=C[CH]=[W].Cc1[c-]cccc1. The van der Waals surface area contributed by atoms with Crippen molar-refractivity contribution >= 4 is 4.40 Å². The Morgan fingerprint density at radius 1 is 1.46 bits per heavy atom. The summed E-state index contributed by atoms with van der Waals surface area (Å²) in [6.45, 7) is 2.03. The van der Waals surface area contributed by atoms with E-state index in [0.29, 0.717) is 0 Å². The molecule has 0 aromatic heterocycles. The summed E-state index contributed by atoms with van der Waals surface area (Å²) in [5, 5.41) is 3.73. The maximum Gasteiger partial charge on any atom is -0.0630 e. The van der Waals surface area contributed by atoms with Crippen molar-refractivity contribution in [3.8, 4) is 0 Å². The summed E-state index contributed by atoms with van der Waals surface area (Å²) in [5.41, 5.74) is 1.20. The Balaban J connectivity index is 0.000000226. The van der Waals surface area contributed by atoms with Crippen molar-refractivity contribution in [3.63, 3.8) is 0 Å². The van der Waals surface area contributed by atoms with Crippen molar-refractivity contribution in [1.82, 2.24) is 0 Å². The zero-order valence-electron chi connectivity index (χ0n) is 7.90. The predicted molar refractivity (Wildman–Crippen MR) is 54.5 cm³/mol. The van der Waals surface area contributed by atoms with Gasteiger partial charge >= 0.3 is 48.4 Å². The van der Waals surface area contributed by atoms with Gasteiger partial charge in [-0.05, 0) is 0 Å². The minimum Gasteiger partial charge on any atom is -0.181 e. The first kappa shape index (κ1) is 12.3. The molecule has 0 bridgehead atoms. The zero-order chi connectivity index (χ0) is 9.94. The third-order valence-electron chi connectivity index (χ3n) is 1.18. The maximum absolute atomic E-state index is 3.73. The van der Waals surface area contributed by atoms with Crippen LogP contribution >= 0.6 is 0 Å². The minimum atomic E-state index is 1.20. The molecule has 0 aliphatic heterocycles. The molecule has 0 unspecified atom stereocenters. The maximum atomic E-state index is 3.73. The van der Waals surface area contributed by atoms with Gasteiger partial charge in [0.15, 0.2) is 0 Å². The van der Waals surface area contributed by atoms with Crippen LogP contribution in [-0.4, -0.2) is 11.4 Å². The summed E-state index contributed by atoms with van der Waals surface area (Å²) in [6.07, 6.45) is 3.70. The molecule has 1 aromatic carbocycles. The van der Waals surface area contributed by atoms with Crippen LogP contribution in [0.2, 0.25) is 0 Å². The van der Waals surface area contributed by atoms with Crippen molar-refractivity contribution in [2.24, 2.45) is 0 Å².